The number of fused-ring (bicyclic) bond motifs is 1. The molecule has 0 aliphatic carbocycles. The Bertz CT molecular complexity index is 1060. The zero-order valence-corrected chi connectivity index (χ0v) is 14.4. The highest BCUT2D eigenvalue weighted by Crippen LogP contribution is 2.10. The van der Waals surface area contributed by atoms with E-state index in [0.717, 1.165) is 4.57 Å². The topological polar surface area (TPSA) is 104 Å². The Morgan fingerprint density at radius 3 is 2.80 bits per heavy atom. The number of ether oxygens (including phenoxy) is 1. The normalized spacial score (nSPS) is 11.2. The van der Waals surface area contributed by atoms with Crippen molar-refractivity contribution < 1.29 is 9.53 Å². The molecule has 0 aliphatic heterocycles. The van der Waals surface area contributed by atoms with Crippen molar-refractivity contribution in [1.29, 1.82) is 0 Å². The number of esters is 1. The molecule has 3 aromatic rings. The van der Waals surface area contributed by atoms with E-state index in [1.54, 1.807) is 18.7 Å². The lowest BCUT2D eigenvalue weighted by Gasteiger charge is -2.09. The van der Waals surface area contributed by atoms with Crippen molar-refractivity contribution in [3.05, 3.63) is 50.1 Å². The van der Waals surface area contributed by atoms with Gasteiger partial charge in [-0.3, -0.25) is 13.9 Å². The molecular weight excluding hydrogens is 350 g/mol. The molecule has 3 rings (SSSR count). The van der Waals surface area contributed by atoms with Crippen molar-refractivity contribution in [2.24, 2.45) is 14.1 Å². The molecule has 0 saturated carbocycles. The predicted molar refractivity (Wildman–Crippen MR) is 90.9 cm³/mol. The van der Waals surface area contributed by atoms with Gasteiger partial charge in [0.15, 0.2) is 11.2 Å². The first kappa shape index (κ1) is 17.0. The van der Waals surface area contributed by atoms with Gasteiger partial charge in [-0.05, 0) is 12.5 Å². The number of imidazole rings is 1. The molecule has 0 saturated heterocycles. The molecule has 0 radical (unpaired) electrons. The number of carbonyl (C=O) groups excluding carboxylic acids is 1. The smallest absolute Gasteiger partial charge is 0.354 e. The second kappa shape index (κ2) is 6.60. The van der Waals surface area contributed by atoms with Crippen LogP contribution in [0.5, 0.6) is 0 Å². The van der Waals surface area contributed by atoms with Gasteiger partial charge in [0.25, 0.3) is 5.56 Å². The second-order valence-electron chi connectivity index (χ2n) is 5.55. The van der Waals surface area contributed by atoms with Crippen LogP contribution in [0.15, 0.2) is 28.2 Å². The highest BCUT2D eigenvalue weighted by atomic mass is 35.5. The lowest BCUT2D eigenvalue weighted by atomic mass is 10.4. The molecule has 1 N–H and O–H groups in total. The summed E-state index contributed by atoms with van der Waals surface area (Å²) >= 11 is 5.73. The molecule has 0 aromatic carbocycles. The number of nitrogens with one attached hydrogen (secondary N) is 1. The number of halogens is 1. The van der Waals surface area contributed by atoms with Crippen molar-refractivity contribution in [2.75, 3.05) is 6.61 Å². The standard InChI is InChI=1S/C15H16ClN5O4/c1-19-8-18-12-11(19)13(22)21(15(24)20(12)2)4-3-5-25-14(23)10-6-9(16)7-17-10/h6-8,17H,3-5H2,1-2H3. The molecule has 10 heteroatoms. The van der Waals surface area contributed by atoms with Crippen LogP contribution in [0.1, 0.15) is 16.9 Å². The lowest BCUT2D eigenvalue weighted by molar-refractivity contribution is 0.0489. The molecule has 0 spiro atoms. The average Bonchev–Trinajstić information content (AvgIpc) is 3.18. The van der Waals surface area contributed by atoms with E-state index >= 15 is 0 Å². The maximum absolute atomic E-state index is 12.5. The van der Waals surface area contributed by atoms with Gasteiger partial charge in [0.2, 0.25) is 0 Å². The van der Waals surface area contributed by atoms with Crippen molar-refractivity contribution in [2.45, 2.75) is 13.0 Å². The Morgan fingerprint density at radius 2 is 2.12 bits per heavy atom. The van der Waals surface area contributed by atoms with Crippen LogP contribution in [-0.4, -0.2) is 36.2 Å². The number of aryl methyl sites for hydroxylation is 2. The Kier molecular flexibility index (Phi) is 4.49. The summed E-state index contributed by atoms with van der Waals surface area (Å²) < 4.78 is 9.11. The van der Waals surface area contributed by atoms with Crippen molar-refractivity contribution >= 4 is 28.7 Å². The fraction of sp³-hybridized carbons (Fsp3) is 0.333. The zero-order chi connectivity index (χ0) is 18.1. The van der Waals surface area contributed by atoms with Gasteiger partial charge in [0.1, 0.15) is 5.69 Å². The lowest BCUT2D eigenvalue weighted by Crippen LogP contribution is -2.39. The highest BCUT2D eigenvalue weighted by molar-refractivity contribution is 6.30. The molecule has 0 amide bonds. The molecule has 132 valence electrons. The van der Waals surface area contributed by atoms with Gasteiger partial charge < -0.3 is 14.3 Å². The second-order valence-corrected chi connectivity index (χ2v) is 5.98. The van der Waals surface area contributed by atoms with Gasteiger partial charge in [-0.1, -0.05) is 11.6 Å². The third kappa shape index (κ3) is 3.10. The summed E-state index contributed by atoms with van der Waals surface area (Å²) in [5.74, 6) is -0.547. The molecule has 0 bridgehead atoms. The maximum atomic E-state index is 12.5. The first-order valence-electron chi connectivity index (χ1n) is 7.52. The van der Waals surface area contributed by atoms with Crippen LogP contribution >= 0.6 is 11.6 Å². The quantitative estimate of drug-likeness (QED) is 0.528. The predicted octanol–water partition coefficient (Wildman–Crippen LogP) is 0.662. The SMILES string of the molecule is Cn1cnc2c1c(=O)n(CCCOC(=O)c1cc(Cl)c[nH]1)c(=O)n2C. The fourth-order valence-corrected chi connectivity index (χ4v) is 2.71. The number of aromatic amines is 1. The largest absolute Gasteiger partial charge is 0.461 e. The molecule has 0 atom stereocenters. The Balaban J connectivity index is 1.71. The van der Waals surface area contributed by atoms with E-state index in [0.29, 0.717) is 22.6 Å². The van der Waals surface area contributed by atoms with Crippen LogP contribution in [0.3, 0.4) is 0 Å². The zero-order valence-electron chi connectivity index (χ0n) is 13.7. The average molecular weight is 366 g/mol. The Morgan fingerprint density at radius 1 is 1.36 bits per heavy atom. The van der Waals surface area contributed by atoms with Gasteiger partial charge in [-0.2, -0.15) is 0 Å². The van der Waals surface area contributed by atoms with E-state index in [2.05, 4.69) is 9.97 Å². The van der Waals surface area contributed by atoms with Crippen molar-refractivity contribution in [3.63, 3.8) is 0 Å². The molecule has 0 unspecified atom stereocenters. The van der Waals surface area contributed by atoms with E-state index in [9.17, 15) is 14.4 Å². The molecule has 0 aliphatic rings. The Hall–Kier alpha value is -2.81. The van der Waals surface area contributed by atoms with Gasteiger partial charge in [-0.15, -0.1) is 0 Å². The van der Waals surface area contributed by atoms with Crippen LogP contribution in [0.4, 0.5) is 0 Å². The summed E-state index contributed by atoms with van der Waals surface area (Å²) in [4.78, 5) is 43.3. The highest BCUT2D eigenvalue weighted by Gasteiger charge is 2.15. The molecule has 9 nitrogen and oxygen atoms in total. The third-order valence-electron chi connectivity index (χ3n) is 3.83. The fourth-order valence-electron chi connectivity index (χ4n) is 2.54. The number of nitrogens with zero attached hydrogens (tertiary/aromatic N) is 4. The van der Waals surface area contributed by atoms with E-state index in [1.807, 2.05) is 0 Å². The van der Waals surface area contributed by atoms with E-state index in [4.69, 9.17) is 16.3 Å². The maximum Gasteiger partial charge on any atom is 0.354 e. The molecule has 3 aromatic heterocycles. The summed E-state index contributed by atoms with van der Waals surface area (Å²) in [6.45, 7) is 0.194. The van der Waals surface area contributed by atoms with Crippen LogP contribution in [0.25, 0.3) is 11.2 Å². The first-order valence-corrected chi connectivity index (χ1v) is 7.90. The van der Waals surface area contributed by atoms with Crippen molar-refractivity contribution in [3.8, 4) is 0 Å². The van der Waals surface area contributed by atoms with Crippen LogP contribution < -0.4 is 11.2 Å². The summed E-state index contributed by atoms with van der Waals surface area (Å²) in [6, 6.07) is 1.46. The molecule has 0 fully saturated rings. The van der Waals surface area contributed by atoms with Gasteiger partial charge in [0.05, 0.1) is 18.0 Å². The molecule has 25 heavy (non-hydrogen) atoms. The van der Waals surface area contributed by atoms with Gasteiger partial charge in [0, 0.05) is 26.8 Å². The number of rotatable bonds is 5. The summed E-state index contributed by atoms with van der Waals surface area (Å²) in [5, 5.41) is 0.409. The number of aromatic nitrogens is 5. The first-order chi connectivity index (χ1) is 11.9. The summed E-state index contributed by atoms with van der Waals surface area (Å²) in [7, 11) is 3.25. The minimum absolute atomic E-state index is 0.0640. The van der Waals surface area contributed by atoms with E-state index in [1.165, 1.54) is 23.2 Å². The molecule has 3 heterocycles. The number of H-pyrrole nitrogens is 1. The summed E-state index contributed by atoms with van der Waals surface area (Å²) in [5.41, 5.74) is 0.0533. The van der Waals surface area contributed by atoms with Crippen molar-refractivity contribution in [1.82, 2.24) is 23.7 Å². The number of carbonyl (C=O) groups is 1. The Labute approximate surface area is 146 Å². The minimum Gasteiger partial charge on any atom is -0.461 e. The minimum atomic E-state index is -0.547. The van der Waals surface area contributed by atoms with Crippen LogP contribution in [0, 0.1) is 0 Å². The number of hydrogen-bond donors (Lipinski definition) is 1. The number of hydrogen-bond acceptors (Lipinski definition) is 5. The van der Waals surface area contributed by atoms with Crippen LogP contribution in [-0.2, 0) is 25.4 Å². The van der Waals surface area contributed by atoms with Gasteiger partial charge >= 0.3 is 11.7 Å². The van der Waals surface area contributed by atoms with Gasteiger partial charge in [-0.25, -0.2) is 14.6 Å². The molecular formula is C15H16ClN5O4. The third-order valence-corrected chi connectivity index (χ3v) is 4.05. The van der Waals surface area contributed by atoms with E-state index in [-0.39, 0.29) is 18.8 Å². The summed E-state index contributed by atoms with van der Waals surface area (Å²) in [6.07, 6.45) is 3.28. The van der Waals surface area contributed by atoms with E-state index < -0.39 is 17.2 Å². The monoisotopic (exact) mass is 365 g/mol. The van der Waals surface area contributed by atoms with Crippen LogP contribution in [0.2, 0.25) is 5.02 Å².